The Morgan fingerprint density at radius 2 is 1.78 bits per heavy atom. The van der Waals surface area contributed by atoms with Crippen molar-refractivity contribution in [2.24, 2.45) is 0 Å². The molecular formula is C19H18N4O3S. The second kappa shape index (κ2) is 7.96. The number of rotatable bonds is 5. The van der Waals surface area contributed by atoms with Gasteiger partial charge in [-0.1, -0.05) is 24.3 Å². The largest absolute Gasteiger partial charge is 0.326 e. The zero-order valence-electron chi connectivity index (χ0n) is 14.8. The number of hydrogen-bond donors (Lipinski definition) is 3. The van der Waals surface area contributed by atoms with Crippen LogP contribution in [0.15, 0.2) is 42.5 Å². The van der Waals surface area contributed by atoms with E-state index < -0.39 is 0 Å². The maximum Gasteiger partial charge on any atom is 0.257 e. The Balaban J connectivity index is 1.76. The van der Waals surface area contributed by atoms with Gasteiger partial charge in [0.1, 0.15) is 0 Å². The van der Waals surface area contributed by atoms with E-state index in [9.17, 15) is 14.4 Å². The molecule has 3 N–H and O–H groups in total. The van der Waals surface area contributed by atoms with Gasteiger partial charge in [0.05, 0.1) is 10.2 Å². The number of fused-ring (bicyclic) bond motifs is 1. The zero-order valence-corrected chi connectivity index (χ0v) is 15.6. The van der Waals surface area contributed by atoms with Gasteiger partial charge in [-0.15, -0.1) is 0 Å². The fourth-order valence-electron chi connectivity index (χ4n) is 2.42. The number of carbonyl (C=O) groups is 3. The van der Waals surface area contributed by atoms with E-state index in [2.05, 4.69) is 20.9 Å². The number of nitrogens with zero attached hydrogens (tertiary/aromatic N) is 1. The van der Waals surface area contributed by atoms with E-state index in [1.165, 1.54) is 18.3 Å². The summed E-state index contributed by atoms with van der Waals surface area (Å²) in [6.45, 7) is 3.20. The molecule has 2 aromatic carbocycles. The predicted octanol–water partition coefficient (Wildman–Crippen LogP) is 3.86. The summed E-state index contributed by atoms with van der Waals surface area (Å²) in [7, 11) is 0. The van der Waals surface area contributed by atoms with Crippen LogP contribution in [0.25, 0.3) is 10.2 Å². The second-order valence-electron chi connectivity index (χ2n) is 5.82. The molecule has 138 valence electrons. The molecule has 0 saturated carbocycles. The molecule has 3 aromatic rings. The lowest BCUT2D eigenvalue weighted by Gasteiger charge is -2.06. The van der Waals surface area contributed by atoms with Crippen LogP contribution in [-0.4, -0.2) is 22.7 Å². The fourth-order valence-corrected chi connectivity index (χ4v) is 3.32. The number of nitrogens with one attached hydrogen (secondary N) is 3. The number of anilines is 3. The molecule has 1 aromatic heterocycles. The van der Waals surface area contributed by atoms with Crippen LogP contribution in [0, 0.1) is 0 Å². The first-order chi connectivity index (χ1) is 12.9. The number of thiazole rings is 1. The van der Waals surface area contributed by atoms with Gasteiger partial charge in [0, 0.05) is 30.3 Å². The SMILES string of the molecule is CCC(=O)Nc1cccc(C(=O)Nc2nc3ccc(NC(C)=O)cc3s2)c1. The number of hydrogen-bond acceptors (Lipinski definition) is 5. The molecule has 27 heavy (non-hydrogen) atoms. The highest BCUT2D eigenvalue weighted by Gasteiger charge is 2.11. The van der Waals surface area contributed by atoms with Crippen molar-refractivity contribution in [3.8, 4) is 0 Å². The van der Waals surface area contributed by atoms with Crippen LogP contribution < -0.4 is 16.0 Å². The van der Waals surface area contributed by atoms with Gasteiger partial charge >= 0.3 is 0 Å². The van der Waals surface area contributed by atoms with E-state index in [1.807, 2.05) is 6.07 Å². The summed E-state index contributed by atoms with van der Waals surface area (Å²) in [6.07, 6.45) is 0.364. The third-order valence-corrected chi connectivity index (χ3v) is 4.59. The van der Waals surface area contributed by atoms with Crippen LogP contribution in [0.4, 0.5) is 16.5 Å². The van der Waals surface area contributed by atoms with Crippen LogP contribution in [0.2, 0.25) is 0 Å². The van der Waals surface area contributed by atoms with Crippen LogP contribution in [0.1, 0.15) is 30.6 Å². The van der Waals surface area contributed by atoms with Crippen molar-refractivity contribution in [2.75, 3.05) is 16.0 Å². The molecule has 3 rings (SSSR count). The smallest absolute Gasteiger partial charge is 0.257 e. The molecule has 0 unspecified atom stereocenters. The topological polar surface area (TPSA) is 100 Å². The molecule has 1 heterocycles. The van der Waals surface area contributed by atoms with Gasteiger partial charge in [0.25, 0.3) is 5.91 Å². The summed E-state index contributed by atoms with van der Waals surface area (Å²) in [5.41, 5.74) is 2.39. The molecule has 0 radical (unpaired) electrons. The molecule has 3 amide bonds. The summed E-state index contributed by atoms with van der Waals surface area (Å²) in [6, 6.07) is 12.1. The van der Waals surface area contributed by atoms with Crippen molar-refractivity contribution >= 4 is 55.8 Å². The Hall–Kier alpha value is -3.26. The van der Waals surface area contributed by atoms with Crippen molar-refractivity contribution < 1.29 is 14.4 Å². The van der Waals surface area contributed by atoms with E-state index in [4.69, 9.17) is 0 Å². The van der Waals surface area contributed by atoms with Crippen molar-refractivity contribution in [3.63, 3.8) is 0 Å². The Morgan fingerprint density at radius 3 is 2.52 bits per heavy atom. The van der Waals surface area contributed by atoms with Gasteiger partial charge in [0.2, 0.25) is 11.8 Å². The van der Waals surface area contributed by atoms with E-state index in [1.54, 1.807) is 43.3 Å². The average molecular weight is 382 g/mol. The van der Waals surface area contributed by atoms with Gasteiger partial charge in [-0.25, -0.2) is 4.98 Å². The van der Waals surface area contributed by atoms with Crippen LogP contribution in [-0.2, 0) is 9.59 Å². The normalized spacial score (nSPS) is 10.4. The molecule has 0 aliphatic rings. The number of benzene rings is 2. The molecule has 8 heteroatoms. The molecule has 0 aliphatic heterocycles. The van der Waals surface area contributed by atoms with Crippen molar-refractivity contribution in [1.82, 2.24) is 4.98 Å². The van der Waals surface area contributed by atoms with Gasteiger partial charge in [0.15, 0.2) is 5.13 Å². The number of carbonyl (C=O) groups excluding carboxylic acids is 3. The van der Waals surface area contributed by atoms with E-state index >= 15 is 0 Å². The van der Waals surface area contributed by atoms with E-state index in [-0.39, 0.29) is 17.7 Å². The summed E-state index contributed by atoms with van der Waals surface area (Å²) in [5.74, 6) is -0.583. The number of aromatic nitrogens is 1. The minimum atomic E-state index is -0.316. The predicted molar refractivity (Wildman–Crippen MR) is 107 cm³/mol. The Labute approximate surface area is 159 Å². The highest BCUT2D eigenvalue weighted by Crippen LogP contribution is 2.28. The quantitative estimate of drug-likeness (QED) is 0.624. The third kappa shape index (κ3) is 4.68. The zero-order chi connectivity index (χ0) is 19.4. The van der Waals surface area contributed by atoms with Crippen molar-refractivity contribution in [3.05, 3.63) is 48.0 Å². The molecule has 0 saturated heterocycles. The monoisotopic (exact) mass is 382 g/mol. The minimum absolute atomic E-state index is 0.117. The Kier molecular flexibility index (Phi) is 5.46. The first-order valence-electron chi connectivity index (χ1n) is 8.34. The second-order valence-corrected chi connectivity index (χ2v) is 6.85. The molecule has 0 fully saturated rings. The highest BCUT2D eigenvalue weighted by atomic mass is 32.1. The van der Waals surface area contributed by atoms with E-state index in [0.717, 1.165) is 10.2 Å². The maximum absolute atomic E-state index is 12.5. The first kappa shape index (κ1) is 18.5. The first-order valence-corrected chi connectivity index (χ1v) is 9.15. The summed E-state index contributed by atoms with van der Waals surface area (Å²) >= 11 is 1.32. The lowest BCUT2D eigenvalue weighted by atomic mass is 10.2. The van der Waals surface area contributed by atoms with Crippen LogP contribution in [0.3, 0.4) is 0 Å². The molecular weight excluding hydrogens is 364 g/mol. The van der Waals surface area contributed by atoms with Gasteiger partial charge in [-0.3, -0.25) is 19.7 Å². The molecule has 0 spiro atoms. The molecule has 0 atom stereocenters. The summed E-state index contributed by atoms with van der Waals surface area (Å²) in [4.78, 5) is 39.5. The lowest BCUT2D eigenvalue weighted by molar-refractivity contribution is -0.116. The molecule has 0 aliphatic carbocycles. The van der Waals surface area contributed by atoms with Crippen molar-refractivity contribution in [2.45, 2.75) is 20.3 Å². The summed E-state index contributed by atoms with van der Waals surface area (Å²) < 4.78 is 0.848. The van der Waals surface area contributed by atoms with Gasteiger partial charge < -0.3 is 10.6 Å². The van der Waals surface area contributed by atoms with Crippen LogP contribution in [0.5, 0.6) is 0 Å². The van der Waals surface area contributed by atoms with Gasteiger partial charge in [-0.2, -0.15) is 0 Å². The van der Waals surface area contributed by atoms with Crippen molar-refractivity contribution in [1.29, 1.82) is 0 Å². The maximum atomic E-state index is 12.5. The Morgan fingerprint density at radius 1 is 1.00 bits per heavy atom. The Bertz CT molecular complexity index is 1030. The standard InChI is InChI=1S/C19H18N4O3S/c1-3-17(25)21-13-6-4-5-12(9-13)18(26)23-19-22-15-8-7-14(20-11(2)24)10-16(15)27-19/h4-10H,3H2,1-2H3,(H,20,24)(H,21,25)(H,22,23,26). The third-order valence-electron chi connectivity index (χ3n) is 3.66. The fraction of sp³-hybridized carbons (Fsp3) is 0.158. The number of amides is 3. The van der Waals surface area contributed by atoms with Gasteiger partial charge in [-0.05, 0) is 36.4 Å². The molecule has 0 bridgehead atoms. The van der Waals surface area contributed by atoms with Crippen LogP contribution >= 0.6 is 11.3 Å². The minimum Gasteiger partial charge on any atom is -0.326 e. The molecule has 7 nitrogen and oxygen atoms in total. The lowest BCUT2D eigenvalue weighted by Crippen LogP contribution is -2.13. The highest BCUT2D eigenvalue weighted by molar-refractivity contribution is 7.22. The summed E-state index contributed by atoms with van der Waals surface area (Å²) in [5, 5.41) is 8.67. The van der Waals surface area contributed by atoms with E-state index in [0.29, 0.717) is 28.5 Å². The average Bonchev–Trinajstić information content (AvgIpc) is 3.02.